The summed E-state index contributed by atoms with van der Waals surface area (Å²) in [4.78, 5) is 30.4. The van der Waals surface area contributed by atoms with E-state index in [0.29, 0.717) is 22.4 Å². The number of carbonyl (C=O) groups excluding carboxylic acids is 1. The molecule has 0 aliphatic heterocycles. The van der Waals surface area contributed by atoms with Crippen molar-refractivity contribution in [1.82, 2.24) is 14.8 Å². The molecule has 4 rings (SSSR count). The van der Waals surface area contributed by atoms with E-state index in [4.69, 9.17) is 0 Å². The zero-order chi connectivity index (χ0) is 22.1. The summed E-state index contributed by atoms with van der Waals surface area (Å²) in [6.45, 7) is 8.64. The van der Waals surface area contributed by atoms with E-state index >= 15 is 0 Å². The second kappa shape index (κ2) is 8.43. The second-order valence-corrected chi connectivity index (χ2v) is 8.55. The van der Waals surface area contributed by atoms with E-state index in [1.807, 2.05) is 12.3 Å². The minimum Gasteiger partial charge on any atom is -0.296 e. The number of hydrogen-bond acceptors (Lipinski definition) is 5. The first-order chi connectivity index (χ1) is 14.9. The number of thiazole rings is 1. The van der Waals surface area contributed by atoms with Gasteiger partial charge < -0.3 is 0 Å². The average Bonchev–Trinajstić information content (AvgIpc) is 3.17. The molecule has 0 aliphatic carbocycles. The van der Waals surface area contributed by atoms with E-state index in [0.717, 1.165) is 28.8 Å². The lowest BCUT2D eigenvalue weighted by Crippen LogP contribution is -2.27. The smallest absolute Gasteiger partial charge is 0.278 e. The summed E-state index contributed by atoms with van der Waals surface area (Å²) in [5.41, 5.74) is 5.48. The number of amides is 1. The van der Waals surface area contributed by atoms with Crippen LogP contribution in [0.15, 0.2) is 46.6 Å². The molecule has 1 amide bonds. The fourth-order valence-corrected chi connectivity index (χ4v) is 4.65. The van der Waals surface area contributed by atoms with Crippen LogP contribution in [0.1, 0.15) is 40.5 Å². The van der Waals surface area contributed by atoms with E-state index in [1.54, 1.807) is 24.3 Å². The van der Waals surface area contributed by atoms with Crippen molar-refractivity contribution in [1.29, 1.82) is 0 Å². The molecule has 0 aliphatic rings. The molecule has 0 spiro atoms. The van der Waals surface area contributed by atoms with Gasteiger partial charge in [-0.25, -0.2) is 9.67 Å². The Bertz CT molecular complexity index is 1330. The van der Waals surface area contributed by atoms with Crippen molar-refractivity contribution in [2.75, 3.05) is 5.32 Å². The summed E-state index contributed by atoms with van der Waals surface area (Å²) in [5.74, 6) is -0.376. The fraction of sp³-hybridized carbons (Fsp3) is 0.250. The number of nitrogens with zero attached hydrogens (tertiary/aromatic N) is 3. The normalized spacial score (nSPS) is 11.1. The minimum absolute atomic E-state index is 0.184. The molecule has 7 heteroatoms. The maximum atomic E-state index is 13.1. The van der Waals surface area contributed by atoms with Crippen molar-refractivity contribution < 1.29 is 4.79 Å². The Kier molecular flexibility index (Phi) is 5.69. The third kappa shape index (κ3) is 4.01. The van der Waals surface area contributed by atoms with E-state index in [-0.39, 0.29) is 17.2 Å². The maximum Gasteiger partial charge on any atom is 0.278 e. The van der Waals surface area contributed by atoms with Crippen LogP contribution in [-0.2, 0) is 6.54 Å². The van der Waals surface area contributed by atoms with Gasteiger partial charge in [-0.3, -0.25) is 14.9 Å². The van der Waals surface area contributed by atoms with Gasteiger partial charge in [0.25, 0.3) is 11.5 Å². The molecule has 0 fully saturated rings. The predicted octanol–water partition coefficient (Wildman–Crippen LogP) is 5.11. The van der Waals surface area contributed by atoms with Crippen LogP contribution in [0.3, 0.4) is 0 Å². The Morgan fingerprint density at radius 3 is 2.45 bits per heavy atom. The van der Waals surface area contributed by atoms with Gasteiger partial charge in [0.15, 0.2) is 10.8 Å². The quantitative estimate of drug-likeness (QED) is 0.476. The first kappa shape index (κ1) is 20.9. The number of carbonyl (C=O) groups is 1. The van der Waals surface area contributed by atoms with Crippen molar-refractivity contribution in [3.8, 4) is 11.3 Å². The van der Waals surface area contributed by atoms with Crippen LogP contribution in [0.25, 0.3) is 22.0 Å². The van der Waals surface area contributed by atoms with Crippen LogP contribution in [0.4, 0.5) is 5.13 Å². The zero-order valence-corrected chi connectivity index (χ0v) is 18.8. The highest BCUT2D eigenvalue weighted by molar-refractivity contribution is 7.14. The highest BCUT2D eigenvalue weighted by Crippen LogP contribution is 2.31. The van der Waals surface area contributed by atoms with Gasteiger partial charge >= 0.3 is 0 Å². The Balaban J connectivity index is 1.70. The number of anilines is 1. The molecule has 2 aromatic heterocycles. The van der Waals surface area contributed by atoms with Gasteiger partial charge in [0.05, 0.1) is 11.1 Å². The van der Waals surface area contributed by atoms with Crippen LogP contribution >= 0.6 is 11.3 Å². The molecule has 31 heavy (non-hydrogen) atoms. The molecular formula is C24H24N4O2S. The Morgan fingerprint density at radius 1 is 1.10 bits per heavy atom. The van der Waals surface area contributed by atoms with Gasteiger partial charge in [-0.2, -0.15) is 5.10 Å². The molecule has 1 N–H and O–H groups in total. The Morgan fingerprint density at radius 2 is 1.77 bits per heavy atom. The van der Waals surface area contributed by atoms with Crippen LogP contribution in [0.5, 0.6) is 0 Å². The molecule has 4 aromatic rings. The van der Waals surface area contributed by atoms with Gasteiger partial charge in [-0.15, -0.1) is 11.3 Å². The molecule has 2 aromatic carbocycles. The van der Waals surface area contributed by atoms with Crippen molar-refractivity contribution in [2.45, 2.75) is 40.7 Å². The summed E-state index contributed by atoms with van der Waals surface area (Å²) in [5, 5.41) is 10.7. The second-order valence-electron chi connectivity index (χ2n) is 7.69. The summed E-state index contributed by atoms with van der Waals surface area (Å²) >= 11 is 1.37. The van der Waals surface area contributed by atoms with Crippen LogP contribution < -0.4 is 10.9 Å². The monoisotopic (exact) mass is 432 g/mol. The van der Waals surface area contributed by atoms with E-state index in [2.05, 4.69) is 48.3 Å². The number of benzene rings is 2. The van der Waals surface area contributed by atoms with Gasteiger partial charge in [-0.1, -0.05) is 42.8 Å². The lowest BCUT2D eigenvalue weighted by atomic mass is 9.98. The Hall–Kier alpha value is -3.32. The van der Waals surface area contributed by atoms with E-state index < -0.39 is 0 Å². The largest absolute Gasteiger partial charge is 0.296 e. The van der Waals surface area contributed by atoms with Crippen molar-refractivity contribution in [3.05, 3.63) is 74.5 Å². The molecule has 0 radical (unpaired) electrons. The Labute approximate surface area is 184 Å². The summed E-state index contributed by atoms with van der Waals surface area (Å²) < 4.78 is 1.36. The third-order valence-corrected chi connectivity index (χ3v) is 5.93. The average molecular weight is 433 g/mol. The molecule has 6 nitrogen and oxygen atoms in total. The number of aromatic nitrogens is 3. The van der Waals surface area contributed by atoms with Crippen LogP contribution in [0, 0.1) is 20.8 Å². The number of nitrogens with one attached hydrogen (secondary N) is 1. The topological polar surface area (TPSA) is 76.9 Å². The van der Waals surface area contributed by atoms with Crippen LogP contribution in [-0.4, -0.2) is 20.7 Å². The standard InChI is InChI=1S/C24H24N4O2S/c1-5-10-28-23(30)18-9-7-6-8-17(18)21(27-28)22(29)26-24-25-19(13-31-24)20-15(3)11-14(2)12-16(20)4/h6-9,11-13H,5,10H2,1-4H3,(H,25,26,29). The van der Waals surface area contributed by atoms with Gasteiger partial charge in [0.1, 0.15) is 0 Å². The SMILES string of the molecule is CCCn1nc(C(=O)Nc2nc(-c3c(C)cc(C)cc3C)cs2)c2ccccc2c1=O. The van der Waals surface area contributed by atoms with Crippen LogP contribution in [0.2, 0.25) is 0 Å². The molecule has 2 heterocycles. The summed E-state index contributed by atoms with van der Waals surface area (Å²) in [7, 11) is 0. The predicted molar refractivity (Wildman–Crippen MR) is 126 cm³/mol. The zero-order valence-electron chi connectivity index (χ0n) is 18.0. The maximum absolute atomic E-state index is 13.1. The first-order valence-corrected chi connectivity index (χ1v) is 11.1. The highest BCUT2D eigenvalue weighted by atomic mass is 32.1. The summed E-state index contributed by atoms with van der Waals surface area (Å²) in [6.07, 6.45) is 0.747. The van der Waals surface area contributed by atoms with Gasteiger partial charge in [0, 0.05) is 22.9 Å². The molecule has 0 bridgehead atoms. The van der Waals surface area contributed by atoms with Crippen molar-refractivity contribution >= 4 is 33.1 Å². The van der Waals surface area contributed by atoms with Gasteiger partial charge in [-0.05, 0) is 44.4 Å². The van der Waals surface area contributed by atoms with E-state index in [1.165, 1.54) is 21.6 Å². The molecule has 158 valence electrons. The van der Waals surface area contributed by atoms with Crippen molar-refractivity contribution in [3.63, 3.8) is 0 Å². The first-order valence-electron chi connectivity index (χ1n) is 10.2. The van der Waals surface area contributed by atoms with Crippen molar-refractivity contribution in [2.24, 2.45) is 0 Å². The molecule has 0 atom stereocenters. The fourth-order valence-electron chi connectivity index (χ4n) is 3.95. The molecule has 0 unspecified atom stereocenters. The lowest BCUT2D eigenvalue weighted by molar-refractivity contribution is 0.102. The number of fused-ring (bicyclic) bond motifs is 1. The van der Waals surface area contributed by atoms with Gasteiger partial charge in [0.2, 0.25) is 0 Å². The molecular weight excluding hydrogens is 408 g/mol. The molecule has 0 saturated carbocycles. The third-order valence-electron chi connectivity index (χ3n) is 5.18. The van der Waals surface area contributed by atoms with E-state index in [9.17, 15) is 9.59 Å². The summed E-state index contributed by atoms with van der Waals surface area (Å²) in [6, 6.07) is 11.3. The minimum atomic E-state index is -0.376. The lowest BCUT2D eigenvalue weighted by Gasteiger charge is -2.10. The number of aryl methyl sites for hydroxylation is 4. The molecule has 0 saturated heterocycles. The highest BCUT2D eigenvalue weighted by Gasteiger charge is 2.18. The number of hydrogen-bond donors (Lipinski definition) is 1. The number of rotatable bonds is 5.